The summed E-state index contributed by atoms with van der Waals surface area (Å²) in [6, 6.07) is 5.71. The fraction of sp³-hybridized carbons (Fsp3) is 0.333. The molecule has 0 aliphatic heterocycles. The van der Waals surface area contributed by atoms with Crippen LogP contribution in [0, 0.1) is 0 Å². The largest absolute Gasteiger partial charge is 0.481 e. The summed E-state index contributed by atoms with van der Waals surface area (Å²) in [4.78, 5) is 8.70. The van der Waals surface area contributed by atoms with Crippen LogP contribution in [0.5, 0.6) is 5.88 Å². The smallest absolute Gasteiger partial charge is 0.214 e. The van der Waals surface area contributed by atoms with Crippen LogP contribution in [0.15, 0.2) is 30.6 Å². The molecular formula is C12H15N3O. The first-order valence-corrected chi connectivity index (χ1v) is 5.38. The first-order valence-electron chi connectivity index (χ1n) is 5.38. The van der Waals surface area contributed by atoms with Gasteiger partial charge >= 0.3 is 0 Å². The fourth-order valence-electron chi connectivity index (χ4n) is 1.60. The van der Waals surface area contributed by atoms with Crippen LogP contribution in [0.2, 0.25) is 0 Å². The van der Waals surface area contributed by atoms with Gasteiger partial charge in [-0.25, -0.2) is 4.98 Å². The normalized spacial score (nSPS) is 10.4. The monoisotopic (exact) mass is 217 g/mol. The molecule has 16 heavy (non-hydrogen) atoms. The number of hydrogen-bond acceptors (Lipinski definition) is 3. The number of aryl methyl sites for hydroxylation is 1. The molecule has 0 radical (unpaired) electrons. The number of hydrogen-bond donors (Lipinski definition) is 0. The van der Waals surface area contributed by atoms with E-state index in [-0.39, 0.29) is 0 Å². The summed E-state index contributed by atoms with van der Waals surface area (Å²) in [5.41, 5.74) is 0. The van der Waals surface area contributed by atoms with Gasteiger partial charge in [-0.2, -0.15) is 4.98 Å². The summed E-state index contributed by atoms with van der Waals surface area (Å²) in [7, 11) is 1.62. The fourth-order valence-corrected chi connectivity index (χ4v) is 1.60. The van der Waals surface area contributed by atoms with Crippen LogP contribution in [0.25, 0.3) is 5.82 Å². The van der Waals surface area contributed by atoms with Crippen molar-refractivity contribution in [1.82, 2.24) is 14.5 Å². The Morgan fingerprint density at radius 1 is 1.38 bits per heavy atom. The zero-order chi connectivity index (χ0) is 11.4. The second-order valence-corrected chi connectivity index (χ2v) is 3.50. The average molecular weight is 217 g/mol. The molecule has 2 rings (SSSR count). The van der Waals surface area contributed by atoms with Gasteiger partial charge in [0.15, 0.2) is 0 Å². The summed E-state index contributed by atoms with van der Waals surface area (Å²) < 4.78 is 7.10. The third kappa shape index (κ3) is 2.05. The Hall–Kier alpha value is -1.84. The van der Waals surface area contributed by atoms with E-state index in [1.54, 1.807) is 13.3 Å². The molecule has 0 amide bonds. The molecule has 0 saturated heterocycles. The quantitative estimate of drug-likeness (QED) is 0.788. The van der Waals surface area contributed by atoms with E-state index in [0.717, 1.165) is 24.5 Å². The van der Waals surface area contributed by atoms with Crippen LogP contribution in [0.4, 0.5) is 0 Å². The van der Waals surface area contributed by atoms with Gasteiger partial charge in [-0.15, -0.1) is 0 Å². The van der Waals surface area contributed by atoms with Crippen LogP contribution in [-0.4, -0.2) is 21.6 Å². The van der Waals surface area contributed by atoms with Crippen molar-refractivity contribution < 1.29 is 4.74 Å². The van der Waals surface area contributed by atoms with Crippen molar-refractivity contribution in [2.45, 2.75) is 19.8 Å². The van der Waals surface area contributed by atoms with Crippen LogP contribution in [-0.2, 0) is 6.42 Å². The summed E-state index contributed by atoms with van der Waals surface area (Å²) >= 11 is 0. The predicted octanol–water partition coefficient (Wildman–Crippen LogP) is 2.23. The molecule has 0 N–H and O–H groups in total. The molecule has 0 aromatic carbocycles. The van der Waals surface area contributed by atoms with Gasteiger partial charge in [-0.3, -0.25) is 4.57 Å². The molecular weight excluding hydrogens is 202 g/mol. The molecule has 2 heterocycles. The van der Waals surface area contributed by atoms with Crippen molar-refractivity contribution in [2.75, 3.05) is 7.11 Å². The lowest BCUT2D eigenvalue weighted by Gasteiger charge is -2.07. The highest BCUT2D eigenvalue weighted by Crippen LogP contribution is 2.13. The Kier molecular flexibility index (Phi) is 3.19. The average Bonchev–Trinajstić information content (AvgIpc) is 2.78. The lowest BCUT2D eigenvalue weighted by molar-refractivity contribution is 0.397. The van der Waals surface area contributed by atoms with E-state index in [9.17, 15) is 0 Å². The highest BCUT2D eigenvalue weighted by Gasteiger charge is 2.05. The maximum absolute atomic E-state index is 5.11. The Balaban J connectivity index is 2.37. The molecule has 0 spiro atoms. The molecule has 0 aliphatic rings. The SMILES string of the molecule is CCCc1nccn1-c1cccc(OC)n1. The maximum atomic E-state index is 5.11. The van der Waals surface area contributed by atoms with E-state index in [0.29, 0.717) is 5.88 Å². The van der Waals surface area contributed by atoms with Crippen LogP contribution in [0.3, 0.4) is 0 Å². The van der Waals surface area contributed by atoms with Gasteiger partial charge < -0.3 is 4.74 Å². The van der Waals surface area contributed by atoms with Crippen molar-refractivity contribution in [3.63, 3.8) is 0 Å². The van der Waals surface area contributed by atoms with Gasteiger partial charge in [0.1, 0.15) is 11.6 Å². The van der Waals surface area contributed by atoms with Gasteiger partial charge in [-0.05, 0) is 12.5 Å². The number of pyridine rings is 1. The van der Waals surface area contributed by atoms with Crippen molar-refractivity contribution in [1.29, 1.82) is 0 Å². The van der Waals surface area contributed by atoms with E-state index in [1.807, 2.05) is 29.0 Å². The molecule has 4 heteroatoms. The van der Waals surface area contributed by atoms with E-state index >= 15 is 0 Å². The van der Waals surface area contributed by atoms with Gasteiger partial charge in [-0.1, -0.05) is 13.0 Å². The zero-order valence-electron chi connectivity index (χ0n) is 9.55. The highest BCUT2D eigenvalue weighted by atomic mass is 16.5. The standard InChI is InChI=1S/C12H15N3O/c1-3-5-10-13-8-9-15(10)11-6-4-7-12(14-11)16-2/h4,6-9H,3,5H2,1-2H3. The number of aromatic nitrogens is 3. The van der Waals surface area contributed by atoms with E-state index in [1.165, 1.54) is 0 Å². The van der Waals surface area contributed by atoms with Gasteiger partial charge in [0.05, 0.1) is 7.11 Å². The summed E-state index contributed by atoms with van der Waals surface area (Å²) in [6.45, 7) is 2.14. The second-order valence-electron chi connectivity index (χ2n) is 3.50. The Morgan fingerprint density at radius 2 is 2.25 bits per heavy atom. The Bertz CT molecular complexity index is 465. The first kappa shape index (κ1) is 10.7. The minimum atomic E-state index is 0.619. The molecule has 2 aromatic heterocycles. The molecule has 0 aliphatic carbocycles. The van der Waals surface area contributed by atoms with Crippen molar-refractivity contribution in [3.05, 3.63) is 36.4 Å². The zero-order valence-corrected chi connectivity index (χ0v) is 9.55. The van der Waals surface area contributed by atoms with Crippen LogP contribution < -0.4 is 4.74 Å². The van der Waals surface area contributed by atoms with Gasteiger partial charge in [0, 0.05) is 24.9 Å². The first-order chi connectivity index (χ1) is 7.85. The maximum Gasteiger partial charge on any atom is 0.214 e. The van der Waals surface area contributed by atoms with Gasteiger partial charge in [0.2, 0.25) is 5.88 Å². The molecule has 0 unspecified atom stereocenters. The second kappa shape index (κ2) is 4.79. The van der Waals surface area contributed by atoms with E-state index in [2.05, 4.69) is 16.9 Å². The molecule has 0 atom stereocenters. The molecule has 0 saturated carbocycles. The van der Waals surface area contributed by atoms with Crippen molar-refractivity contribution >= 4 is 0 Å². The van der Waals surface area contributed by atoms with Crippen molar-refractivity contribution in [2.24, 2.45) is 0 Å². The predicted molar refractivity (Wildman–Crippen MR) is 61.9 cm³/mol. The topological polar surface area (TPSA) is 39.9 Å². The number of nitrogens with zero attached hydrogens (tertiary/aromatic N) is 3. The highest BCUT2D eigenvalue weighted by molar-refractivity contribution is 5.28. The molecule has 84 valence electrons. The van der Waals surface area contributed by atoms with Crippen LogP contribution >= 0.6 is 0 Å². The number of rotatable bonds is 4. The van der Waals surface area contributed by atoms with Crippen LogP contribution in [0.1, 0.15) is 19.2 Å². The third-order valence-corrected chi connectivity index (χ3v) is 2.36. The summed E-state index contributed by atoms with van der Waals surface area (Å²) in [5, 5.41) is 0. The van der Waals surface area contributed by atoms with Crippen molar-refractivity contribution in [3.8, 4) is 11.7 Å². The summed E-state index contributed by atoms with van der Waals surface area (Å²) in [6.07, 6.45) is 5.74. The number of imidazole rings is 1. The third-order valence-electron chi connectivity index (χ3n) is 2.36. The van der Waals surface area contributed by atoms with E-state index < -0.39 is 0 Å². The number of methoxy groups -OCH3 is 1. The minimum absolute atomic E-state index is 0.619. The van der Waals surface area contributed by atoms with E-state index in [4.69, 9.17) is 4.74 Å². The molecule has 2 aromatic rings. The molecule has 0 fully saturated rings. The molecule has 0 bridgehead atoms. The van der Waals surface area contributed by atoms with Gasteiger partial charge in [0.25, 0.3) is 0 Å². The number of ether oxygens (including phenoxy) is 1. The molecule has 4 nitrogen and oxygen atoms in total. The Labute approximate surface area is 94.9 Å². The lowest BCUT2D eigenvalue weighted by Crippen LogP contribution is -2.03. The Morgan fingerprint density at radius 3 is 3.00 bits per heavy atom. The summed E-state index contributed by atoms with van der Waals surface area (Å²) in [5.74, 6) is 2.50. The minimum Gasteiger partial charge on any atom is -0.481 e. The lowest BCUT2D eigenvalue weighted by atomic mass is 10.3.